The van der Waals surface area contributed by atoms with Gasteiger partial charge in [-0.1, -0.05) is 186 Å². The highest BCUT2D eigenvalue weighted by Gasteiger charge is 2.45. The van der Waals surface area contributed by atoms with E-state index in [0.717, 1.165) is 25.7 Å². The number of methoxy groups -OCH3 is 4. The Morgan fingerprint density at radius 1 is 0.347 bits per heavy atom. The lowest BCUT2D eigenvalue weighted by Gasteiger charge is -2.46. The summed E-state index contributed by atoms with van der Waals surface area (Å²) in [6.45, 7) is 78.8. The number of esters is 1. The second kappa shape index (κ2) is 46.9. The van der Waals surface area contributed by atoms with Crippen molar-refractivity contribution >= 4 is 49.1 Å². The third-order valence-corrected chi connectivity index (χ3v) is 14.7. The molecule has 0 spiro atoms. The van der Waals surface area contributed by atoms with Gasteiger partial charge in [-0.3, -0.25) is 4.79 Å². The number of hydrogen-bond acceptors (Lipinski definition) is 23. The van der Waals surface area contributed by atoms with E-state index in [4.69, 9.17) is 52.1 Å². The van der Waals surface area contributed by atoms with Crippen LogP contribution in [0.1, 0.15) is 322 Å². The van der Waals surface area contributed by atoms with E-state index in [2.05, 4.69) is 39.7 Å². The molecule has 0 aromatic rings. The minimum absolute atomic E-state index is 0.00812. The number of rotatable bonds is 10. The van der Waals surface area contributed by atoms with Crippen LogP contribution in [0.15, 0.2) is 0 Å². The van der Waals surface area contributed by atoms with Crippen LogP contribution in [0, 0.1) is 43.3 Å². The van der Waals surface area contributed by atoms with Crippen molar-refractivity contribution in [2.75, 3.05) is 41.7 Å². The van der Waals surface area contributed by atoms with Gasteiger partial charge in [-0.2, -0.15) is 0 Å². The third kappa shape index (κ3) is 64.9. The van der Waals surface area contributed by atoms with Crippen molar-refractivity contribution in [2.24, 2.45) is 43.3 Å². The van der Waals surface area contributed by atoms with Gasteiger partial charge < -0.3 is 71.1 Å². The van der Waals surface area contributed by atoms with Crippen molar-refractivity contribution in [1.29, 1.82) is 0 Å². The molecule has 1 saturated carbocycles. The predicted molar refractivity (Wildman–Crippen MR) is 400 cm³/mol. The molecule has 1 rings (SSSR count). The molecule has 0 saturated heterocycles. The van der Waals surface area contributed by atoms with Gasteiger partial charge in [-0.15, -0.1) is 0 Å². The molecule has 101 heavy (non-hydrogen) atoms. The van der Waals surface area contributed by atoms with Gasteiger partial charge in [0.25, 0.3) is 0 Å². The maximum Gasteiger partial charge on any atom is 0.509 e. The summed E-state index contributed by atoms with van der Waals surface area (Å²) >= 11 is 0. The van der Waals surface area contributed by atoms with Gasteiger partial charge in [0, 0.05) is 17.8 Å². The van der Waals surface area contributed by atoms with E-state index in [1.165, 1.54) is 54.6 Å². The lowest BCUT2D eigenvalue weighted by atomic mass is 9.68. The molecule has 1 fully saturated rings. The van der Waals surface area contributed by atoms with Crippen molar-refractivity contribution < 1.29 is 109 Å². The van der Waals surface area contributed by atoms with Crippen molar-refractivity contribution in [2.45, 2.75) is 374 Å². The van der Waals surface area contributed by atoms with E-state index in [-0.39, 0.29) is 79.3 Å². The van der Waals surface area contributed by atoms with E-state index in [9.17, 15) is 38.4 Å². The molecule has 604 valence electrons. The maximum atomic E-state index is 11.4. The Morgan fingerprint density at radius 3 is 0.871 bits per heavy atom. The molecule has 4 atom stereocenters. The highest BCUT2D eigenvalue weighted by atomic mass is 16.8. The first-order valence-corrected chi connectivity index (χ1v) is 35.3. The third-order valence-electron chi connectivity index (χ3n) is 14.7. The molecule has 0 aliphatic heterocycles. The summed E-state index contributed by atoms with van der Waals surface area (Å²) in [6.07, 6.45) is 2.59. The van der Waals surface area contributed by atoms with Gasteiger partial charge in [0.1, 0.15) is 52.4 Å². The number of hydrogen-bond donors (Lipinski definition) is 0. The first kappa shape index (κ1) is 109. The maximum absolute atomic E-state index is 11.4. The first-order valence-electron chi connectivity index (χ1n) is 35.3. The molecule has 0 aromatic carbocycles. The summed E-state index contributed by atoms with van der Waals surface area (Å²) in [5, 5.41) is 0. The van der Waals surface area contributed by atoms with Crippen LogP contribution in [0.2, 0.25) is 0 Å². The molecule has 0 radical (unpaired) electrons. The van der Waals surface area contributed by atoms with Crippen LogP contribution >= 0.6 is 0 Å². The first-order chi connectivity index (χ1) is 44.5. The topological polar surface area (TPSA) is 275 Å². The summed E-state index contributed by atoms with van der Waals surface area (Å²) in [5.74, 6) is -0.137. The zero-order chi connectivity index (χ0) is 82.4. The molecule has 0 heterocycles. The van der Waals surface area contributed by atoms with Crippen LogP contribution in [0.25, 0.3) is 0 Å². The van der Waals surface area contributed by atoms with Gasteiger partial charge in [0.2, 0.25) is 0 Å². The Labute approximate surface area is 615 Å². The largest absolute Gasteiger partial charge is 0.509 e. The summed E-state index contributed by atoms with van der Waals surface area (Å²) < 4.78 is 73.3. The SMILES string of the molecule is CC(=O)OC1(C(C)(C)C)CCCCC1.CC(C)(C)COC(=O)OC(C)(C)C.CC(OC(=O)OC(C)(C)C)C(C)(C)C.CCC(OC(=O)OC(C)(C)C)C(C)(C)C.CCC(OC(=O)OC)C(C)(C)C.COC(=O)OC(C)(C)C(C)(C)C.COC(=O)OC(C)C(C)(C)C.COC(=O)OCC(C)(C)C. The highest BCUT2D eigenvalue weighted by Crippen LogP contribution is 2.45. The van der Waals surface area contributed by atoms with E-state index < -0.39 is 65.5 Å². The molecule has 0 bridgehead atoms. The lowest BCUT2D eigenvalue weighted by Crippen LogP contribution is -2.48. The quantitative estimate of drug-likeness (QED) is 0.145. The summed E-state index contributed by atoms with van der Waals surface area (Å²) in [5.41, 5.74) is -2.40. The van der Waals surface area contributed by atoms with Crippen LogP contribution in [0.3, 0.4) is 0 Å². The average molecular weight is 1460 g/mol. The Kier molecular flexibility index (Phi) is 50.5. The predicted octanol–water partition coefficient (Wildman–Crippen LogP) is 22.6. The smallest absolute Gasteiger partial charge is 0.459 e. The van der Waals surface area contributed by atoms with E-state index in [0.29, 0.717) is 13.2 Å². The van der Waals surface area contributed by atoms with Crippen molar-refractivity contribution in [3.63, 3.8) is 0 Å². The molecule has 4 unspecified atom stereocenters. The normalized spacial score (nSPS) is 14.5. The Bertz CT molecular complexity index is 2310. The fourth-order valence-electron chi connectivity index (χ4n) is 6.96. The van der Waals surface area contributed by atoms with Crippen molar-refractivity contribution in [3.8, 4) is 0 Å². The molecule has 0 N–H and O–H groups in total. The molecule has 0 aromatic heterocycles. The van der Waals surface area contributed by atoms with Crippen molar-refractivity contribution in [3.05, 3.63) is 0 Å². The van der Waals surface area contributed by atoms with Crippen LogP contribution in [0.4, 0.5) is 33.6 Å². The van der Waals surface area contributed by atoms with E-state index in [1.54, 1.807) is 0 Å². The minimum Gasteiger partial charge on any atom is -0.459 e. The summed E-state index contributed by atoms with van der Waals surface area (Å²) in [4.78, 5) is 87.6. The van der Waals surface area contributed by atoms with Crippen LogP contribution in [-0.2, 0) is 75.8 Å². The highest BCUT2D eigenvalue weighted by molar-refractivity contribution is 5.67. The Balaban J connectivity index is -0.000000201. The standard InChI is InChI=1S/C12H24O3.C12H22O2.C11H22O3.C10H20O3.2C9H18O3.C8H16O3.C7H14O3/c1-8-9(11(2,3)4)14-10(13)15-12(5,6)7;1-10(13)14-12(11(2,3)4)8-6-5-7-9-12;1-8(10(2,3)4)13-9(12)14-11(5,6)7;1-9(2,3)7-12-8(11)13-10(4,5)6;1-8(2,3)9(4,5)12-7(10)11-6;1-6-7(9(2,3)4)12-8(10)11-5;1-6(8(2,3)4)11-7(9)10-5;1-7(2,3)5-10-6(8)9-4/h9H,8H2,1-7H3;5-9H2,1-4H3;8H,1-7H3;7H2,1-6H3;1-6H3;7H,6H2,1-5H3;6H,1-5H3;5H2,1-4H3. The van der Waals surface area contributed by atoms with Gasteiger partial charge in [0.05, 0.1) is 41.7 Å². The van der Waals surface area contributed by atoms with E-state index >= 15 is 0 Å². The Hall–Kier alpha value is -5.64. The van der Waals surface area contributed by atoms with Crippen molar-refractivity contribution in [1.82, 2.24) is 0 Å². The molecule has 0 amide bonds. The molecule has 1 aliphatic carbocycles. The molecule has 23 heteroatoms. The number of carbonyl (C=O) groups is 8. The van der Waals surface area contributed by atoms with Gasteiger partial charge in [0.15, 0.2) is 0 Å². The second-order valence-corrected chi connectivity index (χ2v) is 37.2. The van der Waals surface area contributed by atoms with Gasteiger partial charge in [-0.05, 0) is 161 Å². The second-order valence-electron chi connectivity index (χ2n) is 37.2. The fourth-order valence-corrected chi connectivity index (χ4v) is 6.96. The minimum atomic E-state index is -0.630. The molecular weight excluding hydrogens is 1300 g/mol. The summed E-state index contributed by atoms with van der Waals surface area (Å²) in [7, 11) is 5.22. The number of ether oxygens (including phenoxy) is 15. The van der Waals surface area contributed by atoms with E-state index in [1.807, 2.05) is 249 Å². The number of carbonyl (C=O) groups excluding carboxylic acids is 8. The zero-order valence-electron chi connectivity index (χ0n) is 72.6. The zero-order valence-corrected chi connectivity index (χ0v) is 72.6. The van der Waals surface area contributed by atoms with Crippen LogP contribution in [0.5, 0.6) is 0 Å². The van der Waals surface area contributed by atoms with Gasteiger partial charge in [-0.25, -0.2) is 33.6 Å². The lowest BCUT2D eigenvalue weighted by molar-refractivity contribution is -0.177. The van der Waals surface area contributed by atoms with Gasteiger partial charge >= 0.3 is 49.1 Å². The van der Waals surface area contributed by atoms with Crippen LogP contribution < -0.4 is 0 Å². The monoisotopic (exact) mass is 1460 g/mol. The fraction of sp³-hybridized carbons (Fsp3) is 0.897. The van der Waals surface area contributed by atoms with Crippen LogP contribution in [-0.4, -0.2) is 143 Å². The average Bonchev–Trinajstić information content (AvgIpc) is 0.789. The molecule has 1 aliphatic rings. The molecule has 23 nitrogen and oxygen atoms in total. The summed E-state index contributed by atoms with van der Waals surface area (Å²) in [6, 6.07) is 0. The Morgan fingerprint density at radius 2 is 0.624 bits per heavy atom. The molecular formula is C78H154O23.